The minimum atomic E-state index is -0.352. The first-order valence-electron chi connectivity index (χ1n) is 11.3. The number of thioether (sulfide) groups is 1. The molecule has 9 heteroatoms. The van der Waals surface area contributed by atoms with Gasteiger partial charge < -0.3 is 10.1 Å². The second kappa shape index (κ2) is 9.30. The molecule has 0 bridgehead atoms. The molecular weight excluding hydrogens is 456 g/mol. The molecule has 1 amide bonds. The molecule has 0 saturated heterocycles. The number of benzene rings is 1. The largest absolute Gasteiger partial charge is 0.462 e. The number of thiophene rings is 1. The lowest BCUT2D eigenvalue weighted by atomic mass is 9.88. The van der Waals surface area contributed by atoms with Crippen LogP contribution in [0, 0.1) is 5.92 Å². The molecule has 3 aliphatic rings. The first-order valence-corrected chi connectivity index (χ1v) is 13.1. The van der Waals surface area contributed by atoms with E-state index in [9.17, 15) is 9.59 Å². The number of amides is 1. The van der Waals surface area contributed by atoms with Crippen LogP contribution in [0.15, 0.2) is 34.4 Å². The molecule has 0 saturated carbocycles. The molecule has 0 fully saturated rings. The zero-order valence-corrected chi connectivity index (χ0v) is 20.3. The van der Waals surface area contributed by atoms with Crippen LogP contribution in [0.25, 0.3) is 0 Å². The fourth-order valence-corrected chi connectivity index (χ4v) is 6.75. The van der Waals surface area contributed by atoms with Crippen molar-refractivity contribution in [1.29, 1.82) is 0 Å². The highest BCUT2D eigenvalue weighted by Gasteiger charge is 2.33. The summed E-state index contributed by atoms with van der Waals surface area (Å²) in [6.45, 7) is 4.32. The lowest BCUT2D eigenvalue weighted by Gasteiger charge is -2.29. The highest BCUT2D eigenvalue weighted by molar-refractivity contribution is 8.14. The number of nitrogens with one attached hydrogen (secondary N) is 1. The second-order valence-electron chi connectivity index (χ2n) is 8.46. The Bertz CT molecular complexity index is 1160. The summed E-state index contributed by atoms with van der Waals surface area (Å²) >= 11 is 2.87. The highest BCUT2D eigenvalue weighted by atomic mass is 32.2. The van der Waals surface area contributed by atoms with E-state index in [2.05, 4.69) is 23.4 Å². The molecule has 33 heavy (non-hydrogen) atoms. The number of para-hydroxylation sites is 1. The molecule has 1 aromatic carbocycles. The molecule has 2 aliphatic heterocycles. The lowest BCUT2D eigenvalue weighted by Crippen LogP contribution is -2.29. The van der Waals surface area contributed by atoms with E-state index in [0.717, 1.165) is 42.5 Å². The Morgan fingerprint density at radius 1 is 1.33 bits per heavy atom. The number of rotatable bonds is 5. The summed E-state index contributed by atoms with van der Waals surface area (Å²) in [5.41, 5.74) is 3.66. The predicted octanol–water partition coefficient (Wildman–Crippen LogP) is 5.16. The Balaban J connectivity index is 1.32. The number of hydrogen-bond donors (Lipinski definition) is 1. The topological polar surface area (TPSA) is 83.4 Å². The van der Waals surface area contributed by atoms with Crippen molar-refractivity contribution in [3.05, 3.63) is 45.8 Å². The van der Waals surface area contributed by atoms with E-state index in [0.29, 0.717) is 28.3 Å². The molecule has 2 aromatic rings. The van der Waals surface area contributed by atoms with E-state index < -0.39 is 0 Å². The summed E-state index contributed by atoms with van der Waals surface area (Å²) in [5, 5.41) is 10.7. The van der Waals surface area contributed by atoms with Crippen LogP contribution in [0.2, 0.25) is 0 Å². The summed E-state index contributed by atoms with van der Waals surface area (Å²) in [6.07, 6.45) is 5.53. The average Bonchev–Trinajstić information content (AvgIpc) is 3.42. The molecular formula is C24H26N4O3S2. The average molecular weight is 483 g/mol. The van der Waals surface area contributed by atoms with Crippen LogP contribution >= 0.6 is 23.1 Å². The summed E-state index contributed by atoms with van der Waals surface area (Å²) in [6, 6.07) is 8.19. The van der Waals surface area contributed by atoms with Crippen molar-refractivity contribution in [2.45, 2.75) is 45.6 Å². The minimum absolute atomic E-state index is 0.130. The van der Waals surface area contributed by atoms with Crippen LogP contribution in [0.1, 0.15) is 59.1 Å². The Morgan fingerprint density at radius 3 is 3.03 bits per heavy atom. The Hall–Kier alpha value is -2.65. The molecule has 7 nitrogen and oxygen atoms in total. The van der Waals surface area contributed by atoms with Crippen LogP contribution in [0.4, 0.5) is 10.7 Å². The molecule has 0 radical (unpaired) electrons. The number of aliphatic imine (C=N–C) groups is 1. The van der Waals surface area contributed by atoms with Crippen molar-refractivity contribution in [1.82, 2.24) is 5.01 Å². The maximum absolute atomic E-state index is 12.9. The van der Waals surface area contributed by atoms with E-state index in [1.807, 2.05) is 29.4 Å². The number of hydrazone groups is 1. The molecule has 3 heterocycles. The summed E-state index contributed by atoms with van der Waals surface area (Å²) in [7, 11) is 0. The molecule has 172 valence electrons. The van der Waals surface area contributed by atoms with E-state index in [-0.39, 0.29) is 23.7 Å². The first kappa shape index (κ1) is 22.2. The van der Waals surface area contributed by atoms with Gasteiger partial charge in [-0.15, -0.1) is 11.3 Å². The van der Waals surface area contributed by atoms with Crippen LogP contribution in [0.3, 0.4) is 0 Å². The van der Waals surface area contributed by atoms with Gasteiger partial charge >= 0.3 is 5.97 Å². The smallest absolute Gasteiger partial charge is 0.341 e. The Morgan fingerprint density at radius 2 is 2.18 bits per heavy atom. The Kier molecular flexibility index (Phi) is 6.25. The quantitative estimate of drug-likeness (QED) is 0.596. The van der Waals surface area contributed by atoms with E-state index in [1.54, 1.807) is 6.92 Å². The fraction of sp³-hybridized carbons (Fsp3) is 0.417. The number of anilines is 1. The lowest BCUT2D eigenvalue weighted by molar-refractivity contribution is -0.113. The van der Waals surface area contributed by atoms with Crippen molar-refractivity contribution >= 4 is 57.0 Å². The van der Waals surface area contributed by atoms with Crippen molar-refractivity contribution in [3.63, 3.8) is 0 Å². The fourth-order valence-electron chi connectivity index (χ4n) is 4.53. The molecule has 2 unspecified atom stereocenters. The van der Waals surface area contributed by atoms with E-state index in [1.165, 1.54) is 28.0 Å². The molecule has 1 aromatic heterocycles. The normalized spacial score (nSPS) is 20.5. The van der Waals surface area contributed by atoms with Crippen molar-refractivity contribution < 1.29 is 14.3 Å². The molecule has 1 N–H and O–H groups in total. The standard InChI is InChI=1S/C24H26N4O3S2/c1-3-31-23(30)21-16-9-8-14(2)12-19(16)33-22(21)27-20(29)13-32-24-26-17-7-5-4-6-15(17)18-10-11-25-28(18)24/h4-7,11,14,18H,3,8-10,12-13H2,1-2H3,(H,27,29). The van der Waals surface area contributed by atoms with Gasteiger partial charge in [0.25, 0.3) is 0 Å². The molecule has 1 aliphatic carbocycles. The first-order chi connectivity index (χ1) is 16.0. The number of carbonyl (C=O) groups excluding carboxylic acids is 2. The third kappa shape index (κ3) is 4.31. The highest BCUT2D eigenvalue weighted by Crippen LogP contribution is 2.42. The number of esters is 1. The predicted molar refractivity (Wildman–Crippen MR) is 134 cm³/mol. The monoisotopic (exact) mass is 482 g/mol. The zero-order valence-electron chi connectivity index (χ0n) is 18.7. The van der Waals surface area contributed by atoms with Gasteiger partial charge in [0.15, 0.2) is 5.17 Å². The van der Waals surface area contributed by atoms with Gasteiger partial charge in [0, 0.05) is 23.1 Å². The maximum Gasteiger partial charge on any atom is 0.341 e. The maximum atomic E-state index is 12.9. The SMILES string of the molecule is CCOC(=O)c1c(NC(=O)CSC2=Nc3ccccc3C3CC=NN23)sc2c1CCC(C)C2. The third-order valence-corrected chi connectivity index (χ3v) is 8.23. The van der Waals surface area contributed by atoms with Crippen molar-refractivity contribution in [2.24, 2.45) is 16.0 Å². The van der Waals surface area contributed by atoms with Gasteiger partial charge in [-0.1, -0.05) is 36.9 Å². The number of hydrogen-bond acceptors (Lipinski definition) is 8. The number of nitrogens with zero attached hydrogens (tertiary/aromatic N) is 3. The number of fused-ring (bicyclic) bond motifs is 4. The van der Waals surface area contributed by atoms with Crippen LogP contribution in [-0.4, -0.2) is 40.6 Å². The van der Waals surface area contributed by atoms with E-state index in [4.69, 9.17) is 9.73 Å². The molecule has 0 spiro atoms. The van der Waals surface area contributed by atoms with Gasteiger partial charge in [-0.05, 0) is 43.7 Å². The molecule has 5 rings (SSSR count). The van der Waals surface area contributed by atoms with Gasteiger partial charge in [0.1, 0.15) is 5.00 Å². The van der Waals surface area contributed by atoms with Crippen LogP contribution in [0.5, 0.6) is 0 Å². The van der Waals surface area contributed by atoms with Gasteiger partial charge in [-0.25, -0.2) is 14.8 Å². The van der Waals surface area contributed by atoms with Crippen LogP contribution < -0.4 is 5.32 Å². The third-order valence-electron chi connectivity index (χ3n) is 6.11. The summed E-state index contributed by atoms with van der Waals surface area (Å²) in [5.74, 6) is 0.237. The number of carbonyl (C=O) groups is 2. The zero-order chi connectivity index (χ0) is 22.9. The van der Waals surface area contributed by atoms with Gasteiger partial charge in [0.05, 0.1) is 29.7 Å². The van der Waals surface area contributed by atoms with Gasteiger partial charge in [-0.2, -0.15) is 5.10 Å². The van der Waals surface area contributed by atoms with Crippen molar-refractivity contribution in [2.75, 3.05) is 17.7 Å². The van der Waals surface area contributed by atoms with Crippen molar-refractivity contribution in [3.8, 4) is 0 Å². The van der Waals surface area contributed by atoms with Crippen LogP contribution in [-0.2, 0) is 22.4 Å². The van der Waals surface area contributed by atoms with Gasteiger partial charge in [-0.3, -0.25) is 4.79 Å². The molecule has 2 atom stereocenters. The summed E-state index contributed by atoms with van der Waals surface area (Å²) < 4.78 is 5.31. The number of ether oxygens (including phenoxy) is 1. The summed E-state index contributed by atoms with van der Waals surface area (Å²) in [4.78, 5) is 31.5. The second-order valence-corrected chi connectivity index (χ2v) is 10.5. The Labute approximate surface area is 201 Å². The minimum Gasteiger partial charge on any atom is -0.462 e. The van der Waals surface area contributed by atoms with Gasteiger partial charge in [0.2, 0.25) is 5.91 Å². The van der Waals surface area contributed by atoms with E-state index >= 15 is 0 Å². The number of amidine groups is 1.